The minimum Gasteiger partial charge on any atom is -0.462 e. The molecular weight excluding hydrogens is 351 g/mol. The molecule has 0 spiro atoms. The Balaban J connectivity index is 3.66. The Hall–Kier alpha value is -1.42. The van der Waals surface area contributed by atoms with Crippen molar-refractivity contribution in [2.45, 2.75) is 58.2 Å². The first-order valence-corrected chi connectivity index (χ1v) is 10.6. The van der Waals surface area contributed by atoms with Gasteiger partial charge in [0.2, 0.25) is 0 Å². The molecule has 0 aromatic heterocycles. The van der Waals surface area contributed by atoms with Gasteiger partial charge in [-0.05, 0) is 39.7 Å². The molecule has 0 bridgehead atoms. The normalized spacial score (nSPS) is 15.3. The number of allylic oxidation sites excluding steroid dienone is 1. The van der Waals surface area contributed by atoms with E-state index in [1.807, 2.05) is 37.3 Å². The molecule has 26 heavy (non-hydrogen) atoms. The Kier molecular flexibility index (Phi) is 8.75. The van der Waals surface area contributed by atoms with E-state index in [4.69, 9.17) is 13.8 Å². The van der Waals surface area contributed by atoms with Gasteiger partial charge in [0.1, 0.15) is 0 Å². The van der Waals surface area contributed by atoms with Gasteiger partial charge in [0, 0.05) is 5.92 Å². The molecule has 0 heterocycles. The zero-order chi connectivity index (χ0) is 19.8. The zero-order valence-electron chi connectivity index (χ0n) is 16.4. The van der Waals surface area contributed by atoms with Crippen molar-refractivity contribution in [2.24, 2.45) is 0 Å². The first-order valence-electron chi connectivity index (χ1n) is 9.05. The molecule has 0 aliphatic rings. The minimum atomic E-state index is -3.86. The van der Waals surface area contributed by atoms with E-state index in [2.05, 4.69) is 6.58 Å². The van der Waals surface area contributed by atoms with Crippen LogP contribution in [0.4, 0.5) is 0 Å². The number of hydrogen-bond acceptors (Lipinski definition) is 5. The van der Waals surface area contributed by atoms with E-state index in [0.29, 0.717) is 0 Å². The van der Waals surface area contributed by atoms with Crippen LogP contribution in [0.2, 0.25) is 0 Å². The second-order valence-electron chi connectivity index (χ2n) is 6.34. The SMILES string of the molecule is C=CC[C@](C(=O)OC(C)C)([C@@H](C)c1ccccc1)P(=O)(OCC)OCC. The number of hydrogen-bond donors (Lipinski definition) is 0. The van der Waals surface area contributed by atoms with Crippen LogP contribution in [-0.2, 0) is 23.1 Å². The van der Waals surface area contributed by atoms with Crippen LogP contribution < -0.4 is 0 Å². The van der Waals surface area contributed by atoms with E-state index in [-0.39, 0.29) is 25.7 Å². The fraction of sp³-hybridized carbons (Fsp3) is 0.550. The molecule has 5 nitrogen and oxygen atoms in total. The number of benzene rings is 1. The molecule has 0 saturated heterocycles. The first-order chi connectivity index (χ1) is 12.3. The molecule has 0 aliphatic heterocycles. The predicted molar refractivity (Wildman–Crippen MR) is 104 cm³/mol. The smallest absolute Gasteiger partial charge is 0.348 e. The molecule has 1 aromatic carbocycles. The summed E-state index contributed by atoms with van der Waals surface area (Å²) in [6.07, 6.45) is 1.34. The predicted octanol–water partition coefficient (Wildman–Crippen LogP) is 5.32. The lowest BCUT2D eigenvalue weighted by atomic mass is 9.84. The van der Waals surface area contributed by atoms with Crippen molar-refractivity contribution in [2.75, 3.05) is 13.2 Å². The topological polar surface area (TPSA) is 61.8 Å². The molecule has 1 aromatic rings. The minimum absolute atomic E-state index is 0.117. The van der Waals surface area contributed by atoms with Crippen LogP contribution in [0, 0.1) is 0 Å². The molecule has 2 atom stereocenters. The van der Waals surface area contributed by atoms with Crippen LogP contribution >= 0.6 is 7.60 Å². The van der Waals surface area contributed by atoms with Crippen molar-refractivity contribution < 1.29 is 23.1 Å². The molecule has 0 aliphatic carbocycles. The van der Waals surface area contributed by atoms with E-state index >= 15 is 0 Å². The van der Waals surface area contributed by atoms with Crippen molar-refractivity contribution >= 4 is 13.6 Å². The third-order valence-electron chi connectivity index (χ3n) is 4.25. The highest BCUT2D eigenvalue weighted by Gasteiger charge is 2.61. The van der Waals surface area contributed by atoms with Gasteiger partial charge in [-0.3, -0.25) is 9.36 Å². The van der Waals surface area contributed by atoms with E-state index < -0.39 is 24.6 Å². The summed E-state index contributed by atoms with van der Waals surface area (Å²) < 4.78 is 30.6. The van der Waals surface area contributed by atoms with Crippen molar-refractivity contribution in [1.29, 1.82) is 0 Å². The summed E-state index contributed by atoms with van der Waals surface area (Å²) in [5.41, 5.74) is 0.856. The molecule has 0 radical (unpaired) electrons. The van der Waals surface area contributed by atoms with Crippen LogP contribution in [0.25, 0.3) is 0 Å². The van der Waals surface area contributed by atoms with Gasteiger partial charge < -0.3 is 13.8 Å². The number of esters is 1. The number of rotatable bonds is 11. The highest BCUT2D eigenvalue weighted by molar-refractivity contribution is 7.57. The fourth-order valence-electron chi connectivity index (χ4n) is 3.06. The molecule has 146 valence electrons. The van der Waals surface area contributed by atoms with Gasteiger partial charge in [-0.1, -0.05) is 43.3 Å². The molecule has 1 rings (SSSR count). The van der Waals surface area contributed by atoms with Gasteiger partial charge >= 0.3 is 13.6 Å². The maximum atomic E-state index is 13.9. The molecule has 6 heteroatoms. The van der Waals surface area contributed by atoms with Crippen molar-refractivity contribution in [3.8, 4) is 0 Å². The Morgan fingerprint density at radius 1 is 1.15 bits per heavy atom. The molecule has 0 amide bonds. The standard InChI is InChI=1S/C20H31O5P/c1-7-15-20(19(21)25-16(4)5,26(22,23-8-2)24-9-3)17(6)18-13-11-10-12-14-18/h7,10-14,16-17H,1,8-9,15H2,2-6H3/t17-,20+/m0/s1. The van der Waals surface area contributed by atoms with Crippen LogP contribution in [0.3, 0.4) is 0 Å². The lowest BCUT2D eigenvalue weighted by molar-refractivity contribution is -0.152. The maximum absolute atomic E-state index is 13.9. The second kappa shape index (κ2) is 10.1. The number of ether oxygens (including phenoxy) is 1. The van der Waals surface area contributed by atoms with Crippen molar-refractivity contribution in [3.05, 3.63) is 48.6 Å². The van der Waals surface area contributed by atoms with Crippen LogP contribution in [-0.4, -0.2) is 30.4 Å². The maximum Gasteiger partial charge on any atom is 0.348 e. The Bertz CT molecular complexity index is 618. The molecule has 0 saturated carbocycles. The lowest BCUT2D eigenvalue weighted by Gasteiger charge is -2.41. The number of carbonyl (C=O) groups is 1. The van der Waals surface area contributed by atoms with Crippen LogP contribution in [0.15, 0.2) is 43.0 Å². The second-order valence-corrected chi connectivity index (χ2v) is 8.65. The van der Waals surface area contributed by atoms with Gasteiger partial charge in [-0.2, -0.15) is 0 Å². The quantitative estimate of drug-likeness (QED) is 0.294. The summed E-state index contributed by atoms with van der Waals surface area (Å²) in [5, 5.41) is -1.51. The molecule has 0 N–H and O–H groups in total. The Morgan fingerprint density at radius 3 is 2.12 bits per heavy atom. The fourth-order valence-corrected chi connectivity index (χ4v) is 5.53. The van der Waals surface area contributed by atoms with E-state index in [0.717, 1.165) is 5.56 Å². The highest BCUT2D eigenvalue weighted by atomic mass is 31.2. The van der Waals surface area contributed by atoms with E-state index in [9.17, 15) is 9.36 Å². The van der Waals surface area contributed by atoms with Crippen molar-refractivity contribution in [1.82, 2.24) is 0 Å². The monoisotopic (exact) mass is 382 g/mol. The number of carbonyl (C=O) groups excluding carboxylic acids is 1. The first kappa shape index (κ1) is 22.6. The van der Waals surface area contributed by atoms with Gasteiger partial charge in [0.15, 0.2) is 5.16 Å². The average Bonchev–Trinajstić information content (AvgIpc) is 2.59. The Labute approximate surface area is 157 Å². The molecular formula is C20H31O5P. The summed E-state index contributed by atoms with van der Waals surface area (Å²) in [7, 11) is -3.86. The van der Waals surface area contributed by atoms with Crippen LogP contribution in [0.1, 0.15) is 52.5 Å². The lowest BCUT2D eigenvalue weighted by Crippen LogP contribution is -2.46. The third kappa shape index (κ3) is 4.64. The third-order valence-corrected chi connectivity index (χ3v) is 7.18. The van der Waals surface area contributed by atoms with E-state index in [1.54, 1.807) is 33.8 Å². The van der Waals surface area contributed by atoms with Gasteiger partial charge in [0.05, 0.1) is 19.3 Å². The summed E-state index contributed by atoms with van der Waals surface area (Å²) in [6.45, 7) is 12.9. The van der Waals surface area contributed by atoms with E-state index in [1.165, 1.54) is 0 Å². The van der Waals surface area contributed by atoms with Gasteiger partial charge in [-0.15, -0.1) is 6.58 Å². The largest absolute Gasteiger partial charge is 0.462 e. The average molecular weight is 382 g/mol. The summed E-state index contributed by atoms with van der Waals surface area (Å²) >= 11 is 0. The van der Waals surface area contributed by atoms with Gasteiger partial charge in [-0.25, -0.2) is 0 Å². The summed E-state index contributed by atoms with van der Waals surface area (Å²) in [4.78, 5) is 13.3. The van der Waals surface area contributed by atoms with Crippen LogP contribution in [0.5, 0.6) is 0 Å². The Morgan fingerprint density at radius 2 is 1.69 bits per heavy atom. The summed E-state index contributed by atoms with van der Waals surface area (Å²) in [6, 6.07) is 9.44. The van der Waals surface area contributed by atoms with Gasteiger partial charge in [0.25, 0.3) is 0 Å². The summed E-state index contributed by atoms with van der Waals surface area (Å²) in [5.74, 6) is -1.05. The van der Waals surface area contributed by atoms with Crippen molar-refractivity contribution in [3.63, 3.8) is 0 Å². The highest BCUT2D eigenvalue weighted by Crippen LogP contribution is 2.67. The molecule has 0 unspecified atom stereocenters. The zero-order valence-corrected chi connectivity index (χ0v) is 17.3. The molecule has 0 fully saturated rings.